The third-order valence-electron chi connectivity index (χ3n) is 4.40. The normalized spacial score (nSPS) is 19.6. The van der Waals surface area contributed by atoms with Crippen molar-refractivity contribution in [3.05, 3.63) is 57.5 Å². The zero-order chi connectivity index (χ0) is 17.8. The molecular weight excluding hydrogens is 340 g/mol. The summed E-state index contributed by atoms with van der Waals surface area (Å²) in [5, 5.41) is 7.68. The van der Waals surface area contributed by atoms with Gasteiger partial charge in [0.15, 0.2) is 0 Å². The second-order valence-corrected chi connectivity index (χ2v) is 6.80. The molecule has 0 saturated carbocycles. The summed E-state index contributed by atoms with van der Waals surface area (Å²) in [4.78, 5) is 14.7. The minimum Gasteiger partial charge on any atom is -0.377 e. The number of hydrogen-bond acceptors (Lipinski definition) is 5. The summed E-state index contributed by atoms with van der Waals surface area (Å²) < 4.78 is 7.18. The minimum absolute atomic E-state index is 0.0198. The van der Waals surface area contributed by atoms with Crippen LogP contribution in [0.15, 0.2) is 41.3 Å². The summed E-state index contributed by atoms with van der Waals surface area (Å²) in [6.45, 7) is 4.89. The lowest BCUT2D eigenvalue weighted by atomic mass is 10.1. The van der Waals surface area contributed by atoms with Gasteiger partial charge in [-0.1, -0.05) is 41.9 Å². The summed E-state index contributed by atoms with van der Waals surface area (Å²) in [6, 6.07) is 9.72. The highest BCUT2D eigenvalue weighted by Gasteiger charge is 2.24. The van der Waals surface area contributed by atoms with E-state index in [0.29, 0.717) is 18.8 Å². The van der Waals surface area contributed by atoms with Gasteiger partial charge in [-0.25, -0.2) is 4.68 Å². The first-order valence-corrected chi connectivity index (χ1v) is 8.78. The third kappa shape index (κ3) is 4.39. The van der Waals surface area contributed by atoms with E-state index in [1.54, 1.807) is 6.20 Å². The Morgan fingerprint density at radius 2 is 2.16 bits per heavy atom. The Hall–Kier alpha value is -1.89. The van der Waals surface area contributed by atoms with Crippen molar-refractivity contribution in [1.29, 1.82) is 0 Å². The molecule has 7 heteroatoms. The molecule has 0 radical (unpaired) electrons. The Kier molecular flexibility index (Phi) is 5.73. The van der Waals surface area contributed by atoms with Gasteiger partial charge in [0.1, 0.15) is 5.02 Å². The first kappa shape index (κ1) is 17.9. The van der Waals surface area contributed by atoms with Gasteiger partial charge in [-0.2, -0.15) is 5.10 Å². The SMILES string of the molecule is CC(Nc1cnn(Cc2ccccc2)c(=O)c1Cl)C1CN(C)CCO1. The molecule has 2 heterocycles. The van der Waals surface area contributed by atoms with Crippen LogP contribution < -0.4 is 10.9 Å². The summed E-state index contributed by atoms with van der Waals surface area (Å²) in [7, 11) is 2.07. The summed E-state index contributed by atoms with van der Waals surface area (Å²) in [5.74, 6) is 0. The molecule has 1 aliphatic heterocycles. The van der Waals surface area contributed by atoms with Crippen LogP contribution in [0.5, 0.6) is 0 Å². The topological polar surface area (TPSA) is 59.4 Å². The molecule has 1 saturated heterocycles. The first-order valence-electron chi connectivity index (χ1n) is 8.41. The van der Waals surface area contributed by atoms with Crippen LogP contribution >= 0.6 is 11.6 Å². The molecule has 1 aromatic carbocycles. The Balaban J connectivity index is 1.72. The van der Waals surface area contributed by atoms with Crippen LogP contribution in [0, 0.1) is 0 Å². The number of ether oxygens (including phenoxy) is 1. The van der Waals surface area contributed by atoms with Crippen LogP contribution in [0.3, 0.4) is 0 Å². The number of nitrogens with zero attached hydrogens (tertiary/aromatic N) is 3. The average Bonchev–Trinajstić information content (AvgIpc) is 2.62. The molecular formula is C18H23ClN4O2. The predicted octanol–water partition coefficient (Wildman–Crippen LogP) is 2.08. The monoisotopic (exact) mass is 362 g/mol. The number of likely N-dealkylation sites (N-methyl/N-ethyl adjacent to an activating group) is 1. The lowest BCUT2D eigenvalue weighted by Gasteiger charge is -2.34. The van der Waals surface area contributed by atoms with E-state index in [9.17, 15) is 4.79 Å². The highest BCUT2D eigenvalue weighted by Crippen LogP contribution is 2.19. The van der Waals surface area contributed by atoms with Crippen molar-refractivity contribution < 1.29 is 4.74 Å². The molecule has 2 atom stereocenters. The highest BCUT2D eigenvalue weighted by atomic mass is 35.5. The van der Waals surface area contributed by atoms with Gasteiger partial charge in [-0.05, 0) is 19.5 Å². The number of aromatic nitrogens is 2. The van der Waals surface area contributed by atoms with Crippen molar-refractivity contribution in [2.45, 2.75) is 25.6 Å². The molecule has 0 aliphatic carbocycles. The second kappa shape index (κ2) is 7.99. The fourth-order valence-corrected chi connectivity index (χ4v) is 3.09. The van der Waals surface area contributed by atoms with E-state index < -0.39 is 0 Å². The van der Waals surface area contributed by atoms with Gasteiger partial charge in [0, 0.05) is 13.1 Å². The standard InChI is InChI=1S/C18H23ClN4O2/c1-13(16-12-22(2)8-9-25-16)21-15-10-20-23(18(24)17(15)19)11-14-6-4-3-5-7-14/h3-7,10,13,16,21H,8-9,11-12H2,1-2H3. The van der Waals surface area contributed by atoms with E-state index in [0.717, 1.165) is 18.7 Å². The maximum absolute atomic E-state index is 12.5. The molecule has 0 amide bonds. The maximum atomic E-state index is 12.5. The van der Waals surface area contributed by atoms with Crippen LogP contribution in [0.2, 0.25) is 5.02 Å². The molecule has 25 heavy (non-hydrogen) atoms. The minimum atomic E-state index is -0.301. The predicted molar refractivity (Wildman–Crippen MR) is 99.4 cm³/mol. The molecule has 2 aromatic rings. The van der Waals surface area contributed by atoms with Gasteiger partial charge >= 0.3 is 0 Å². The lowest BCUT2D eigenvalue weighted by molar-refractivity contribution is -0.0259. The molecule has 1 fully saturated rings. The highest BCUT2D eigenvalue weighted by molar-refractivity contribution is 6.32. The number of hydrogen-bond donors (Lipinski definition) is 1. The Morgan fingerprint density at radius 3 is 2.88 bits per heavy atom. The van der Waals surface area contributed by atoms with Crippen molar-refractivity contribution in [1.82, 2.24) is 14.7 Å². The van der Waals surface area contributed by atoms with Gasteiger partial charge in [0.2, 0.25) is 0 Å². The van der Waals surface area contributed by atoms with E-state index in [1.165, 1.54) is 4.68 Å². The van der Waals surface area contributed by atoms with E-state index in [1.807, 2.05) is 37.3 Å². The van der Waals surface area contributed by atoms with Crippen LogP contribution in [-0.4, -0.2) is 53.6 Å². The smallest absolute Gasteiger partial charge is 0.287 e. The van der Waals surface area contributed by atoms with Crippen LogP contribution in [0.4, 0.5) is 5.69 Å². The lowest BCUT2D eigenvalue weighted by Crippen LogP contribution is -2.47. The van der Waals surface area contributed by atoms with Gasteiger partial charge in [-0.3, -0.25) is 4.79 Å². The first-order chi connectivity index (χ1) is 12.0. The Morgan fingerprint density at radius 1 is 1.40 bits per heavy atom. The largest absolute Gasteiger partial charge is 0.377 e. The van der Waals surface area contributed by atoms with Crippen molar-refractivity contribution in [2.24, 2.45) is 0 Å². The van der Waals surface area contributed by atoms with Gasteiger partial charge in [0.05, 0.1) is 37.2 Å². The van der Waals surface area contributed by atoms with Crippen molar-refractivity contribution in [3.63, 3.8) is 0 Å². The quantitative estimate of drug-likeness (QED) is 0.882. The van der Waals surface area contributed by atoms with Crippen LogP contribution in [0.1, 0.15) is 12.5 Å². The number of anilines is 1. The van der Waals surface area contributed by atoms with Crippen LogP contribution in [0.25, 0.3) is 0 Å². The zero-order valence-corrected chi connectivity index (χ0v) is 15.2. The van der Waals surface area contributed by atoms with Gasteiger partial charge in [0.25, 0.3) is 5.56 Å². The molecule has 134 valence electrons. The summed E-state index contributed by atoms with van der Waals surface area (Å²) >= 11 is 6.29. The summed E-state index contributed by atoms with van der Waals surface area (Å²) in [6.07, 6.45) is 1.65. The zero-order valence-electron chi connectivity index (χ0n) is 14.5. The Bertz CT molecular complexity index is 765. The summed E-state index contributed by atoms with van der Waals surface area (Å²) in [5.41, 5.74) is 1.24. The molecule has 1 N–H and O–H groups in total. The number of benzene rings is 1. The third-order valence-corrected chi connectivity index (χ3v) is 4.76. The average molecular weight is 363 g/mol. The van der Waals surface area contributed by atoms with E-state index in [-0.39, 0.29) is 22.7 Å². The second-order valence-electron chi connectivity index (χ2n) is 6.43. The molecule has 1 aliphatic rings. The molecule has 2 unspecified atom stereocenters. The molecule has 0 bridgehead atoms. The molecule has 0 spiro atoms. The number of nitrogens with one attached hydrogen (secondary N) is 1. The van der Waals surface area contributed by atoms with E-state index >= 15 is 0 Å². The molecule has 6 nitrogen and oxygen atoms in total. The fraction of sp³-hybridized carbons (Fsp3) is 0.444. The number of morpholine rings is 1. The van der Waals surface area contributed by atoms with Crippen molar-refractivity contribution >= 4 is 17.3 Å². The molecule has 3 rings (SSSR count). The van der Waals surface area contributed by atoms with E-state index in [2.05, 4.69) is 22.4 Å². The number of rotatable bonds is 5. The van der Waals surface area contributed by atoms with Gasteiger partial charge in [-0.15, -0.1) is 0 Å². The van der Waals surface area contributed by atoms with Crippen molar-refractivity contribution in [3.8, 4) is 0 Å². The Labute approximate surface area is 152 Å². The van der Waals surface area contributed by atoms with Crippen molar-refractivity contribution in [2.75, 3.05) is 32.1 Å². The molecule has 1 aromatic heterocycles. The van der Waals surface area contributed by atoms with Gasteiger partial charge < -0.3 is 15.0 Å². The van der Waals surface area contributed by atoms with Crippen LogP contribution in [-0.2, 0) is 11.3 Å². The fourth-order valence-electron chi connectivity index (χ4n) is 2.89. The number of halogens is 1. The van der Waals surface area contributed by atoms with E-state index in [4.69, 9.17) is 16.3 Å². The maximum Gasteiger partial charge on any atom is 0.287 e.